The highest BCUT2D eigenvalue weighted by Gasteiger charge is 2.45. The van der Waals surface area contributed by atoms with Gasteiger partial charge in [0.15, 0.2) is 5.78 Å². The van der Waals surface area contributed by atoms with Crippen LogP contribution < -0.4 is 15.4 Å². The Hall–Kier alpha value is -3.57. The number of aryl methyl sites for hydroxylation is 2. The Labute approximate surface area is 250 Å². The smallest absolute Gasteiger partial charge is 0.162 e. The fourth-order valence-electron chi connectivity index (χ4n) is 5.91. The van der Waals surface area contributed by atoms with E-state index in [4.69, 9.17) is 10.5 Å². The molecule has 1 unspecified atom stereocenters. The minimum atomic E-state index is -0.526. The van der Waals surface area contributed by atoms with E-state index in [0.29, 0.717) is 36.4 Å². The van der Waals surface area contributed by atoms with Crippen LogP contribution in [0.25, 0.3) is 0 Å². The third-order valence-corrected chi connectivity index (χ3v) is 8.61. The van der Waals surface area contributed by atoms with Crippen molar-refractivity contribution in [1.29, 1.82) is 5.26 Å². The number of rotatable bonds is 5. The van der Waals surface area contributed by atoms with Crippen LogP contribution in [-0.4, -0.2) is 5.78 Å². The van der Waals surface area contributed by atoms with Crippen LogP contribution in [0.15, 0.2) is 83.3 Å². The third-order valence-electron chi connectivity index (χ3n) is 7.89. The van der Waals surface area contributed by atoms with Gasteiger partial charge in [-0.2, -0.15) is 5.26 Å². The van der Waals surface area contributed by atoms with Gasteiger partial charge in [0.25, 0.3) is 0 Å². The number of Topliss-reactive ketones (excluding diaryl/α,β-unsaturated/α-hetero) is 1. The summed E-state index contributed by atoms with van der Waals surface area (Å²) in [5.41, 5.74) is 14.7. The number of allylic oxidation sites excluding steroid dienone is 3. The topological polar surface area (TPSA) is 79.3 Å². The maximum absolute atomic E-state index is 14.0. The quantitative estimate of drug-likeness (QED) is 0.288. The summed E-state index contributed by atoms with van der Waals surface area (Å²) in [4.78, 5) is 15.9. The average molecular weight is 644 g/mol. The number of ketones is 1. The highest BCUT2D eigenvalue weighted by atomic mass is 127. The van der Waals surface area contributed by atoms with E-state index >= 15 is 0 Å². The number of carbonyl (C=O) groups excluding carboxylic acids is 1. The molecule has 3 aromatic rings. The van der Waals surface area contributed by atoms with E-state index in [1.54, 1.807) is 0 Å². The molecule has 2 aliphatic rings. The van der Waals surface area contributed by atoms with Gasteiger partial charge >= 0.3 is 0 Å². The van der Waals surface area contributed by atoms with Crippen molar-refractivity contribution in [2.24, 2.45) is 11.1 Å². The third kappa shape index (κ3) is 5.27. The van der Waals surface area contributed by atoms with Crippen molar-refractivity contribution in [2.45, 2.75) is 60.0 Å². The maximum atomic E-state index is 14.0. The minimum absolute atomic E-state index is 0.0744. The van der Waals surface area contributed by atoms with Crippen LogP contribution in [0.4, 0.5) is 5.69 Å². The molecule has 0 fully saturated rings. The first-order chi connectivity index (χ1) is 19.0. The number of anilines is 1. The van der Waals surface area contributed by atoms with Gasteiger partial charge in [0.2, 0.25) is 0 Å². The Morgan fingerprint density at radius 3 is 2.35 bits per heavy atom. The highest BCUT2D eigenvalue weighted by molar-refractivity contribution is 14.1. The first-order valence-electron chi connectivity index (χ1n) is 13.5. The van der Waals surface area contributed by atoms with Gasteiger partial charge in [0, 0.05) is 26.9 Å². The zero-order valence-corrected chi connectivity index (χ0v) is 25.8. The number of hydrogen-bond acceptors (Lipinski definition) is 5. The monoisotopic (exact) mass is 643 g/mol. The molecule has 0 saturated carbocycles. The van der Waals surface area contributed by atoms with Crippen molar-refractivity contribution in [2.75, 3.05) is 4.90 Å². The molecule has 0 bridgehead atoms. The molecule has 1 atom stereocenters. The number of halogens is 1. The number of nitriles is 1. The Balaban J connectivity index is 1.66. The number of nitrogens with zero attached hydrogens (tertiary/aromatic N) is 2. The van der Waals surface area contributed by atoms with Crippen molar-refractivity contribution in [3.63, 3.8) is 0 Å². The second kappa shape index (κ2) is 10.8. The van der Waals surface area contributed by atoms with Crippen molar-refractivity contribution in [3.8, 4) is 11.8 Å². The van der Waals surface area contributed by atoms with Gasteiger partial charge in [0.1, 0.15) is 18.2 Å². The van der Waals surface area contributed by atoms with Crippen molar-refractivity contribution in [1.82, 2.24) is 0 Å². The number of hydrogen-bond donors (Lipinski definition) is 1. The van der Waals surface area contributed by atoms with Gasteiger partial charge in [-0.05, 0) is 108 Å². The van der Waals surface area contributed by atoms with Crippen LogP contribution in [0.2, 0.25) is 0 Å². The first kappa shape index (κ1) is 28.0. The lowest BCUT2D eigenvalue weighted by molar-refractivity contribution is -0.118. The highest BCUT2D eigenvalue weighted by Crippen LogP contribution is 2.51. The molecule has 0 spiro atoms. The minimum Gasteiger partial charge on any atom is -0.489 e. The fourth-order valence-corrected chi connectivity index (χ4v) is 6.27. The number of ether oxygens (including phenoxy) is 1. The maximum Gasteiger partial charge on any atom is 0.162 e. The lowest BCUT2D eigenvalue weighted by Crippen LogP contribution is -2.42. The van der Waals surface area contributed by atoms with E-state index in [-0.39, 0.29) is 11.2 Å². The van der Waals surface area contributed by atoms with Crippen molar-refractivity contribution in [3.05, 3.63) is 115 Å². The summed E-state index contributed by atoms with van der Waals surface area (Å²) in [6.07, 6.45) is 1.11. The zero-order chi connectivity index (χ0) is 28.8. The SMILES string of the molecule is Cc1ccc(OCc2cc(C)cc(C3C(C#N)=C(N)N(c4ccc(I)cc4)C4=C3C(=O)CC(C)(C)C4)c2C)cc1. The second-order valence-corrected chi connectivity index (χ2v) is 12.9. The van der Waals surface area contributed by atoms with Crippen LogP contribution in [0.3, 0.4) is 0 Å². The van der Waals surface area contributed by atoms with Crippen LogP contribution >= 0.6 is 22.6 Å². The van der Waals surface area contributed by atoms with Crippen LogP contribution in [0.5, 0.6) is 5.75 Å². The molecule has 40 heavy (non-hydrogen) atoms. The lowest BCUT2D eigenvalue weighted by Gasteiger charge is -2.44. The van der Waals surface area contributed by atoms with E-state index in [1.807, 2.05) is 67.3 Å². The molecule has 2 N–H and O–H groups in total. The van der Waals surface area contributed by atoms with Gasteiger partial charge in [-0.25, -0.2) is 0 Å². The van der Waals surface area contributed by atoms with Gasteiger partial charge in [-0.3, -0.25) is 9.69 Å². The van der Waals surface area contributed by atoms with E-state index in [9.17, 15) is 10.1 Å². The van der Waals surface area contributed by atoms with E-state index in [2.05, 4.69) is 61.6 Å². The summed E-state index contributed by atoms with van der Waals surface area (Å²) in [5.74, 6) is 0.735. The first-order valence-corrected chi connectivity index (χ1v) is 14.6. The Kier molecular flexibility index (Phi) is 7.54. The van der Waals surface area contributed by atoms with Crippen molar-refractivity contribution < 1.29 is 9.53 Å². The summed E-state index contributed by atoms with van der Waals surface area (Å²) in [6, 6.07) is 22.7. The molecule has 3 aromatic carbocycles. The molecule has 5 rings (SSSR count). The predicted octanol–water partition coefficient (Wildman–Crippen LogP) is 7.74. The lowest BCUT2D eigenvalue weighted by atomic mass is 9.68. The summed E-state index contributed by atoms with van der Waals surface area (Å²) in [7, 11) is 0. The van der Waals surface area contributed by atoms with E-state index in [0.717, 1.165) is 43.0 Å². The number of carbonyl (C=O) groups is 1. The van der Waals surface area contributed by atoms with E-state index < -0.39 is 5.92 Å². The molecule has 204 valence electrons. The number of benzene rings is 3. The summed E-state index contributed by atoms with van der Waals surface area (Å²) >= 11 is 2.27. The van der Waals surface area contributed by atoms with Gasteiger partial charge in [-0.1, -0.05) is 49.2 Å². The largest absolute Gasteiger partial charge is 0.489 e. The second-order valence-electron chi connectivity index (χ2n) is 11.7. The van der Waals surface area contributed by atoms with Crippen LogP contribution in [0.1, 0.15) is 60.4 Å². The molecule has 1 aliphatic carbocycles. The Morgan fingerprint density at radius 2 is 1.70 bits per heavy atom. The zero-order valence-electron chi connectivity index (χ0n) is 23.6. The molecular formula is C34H34IN3O2. The van der Waals surface area contributed by atoms with E-state index in [1.165, 1.54) is 5.56 Å². The molecule has 6 heteroatoms. The molecule has 0 aromatic heterocycles. The van der Waals surface area contributed by atoms with Gasteiger partial charge in [-0.15, -0.1) is 0 Å². The molecular weight excluding hydrogens is 609 g/mol. The molecule has 0 amide bonds. The molecule has 0 saturated heterocycles. The van der Waals surface area contributed by atoms with Crippen molar-refractivity contribution >= 4 is 34.1 Å². The standard InChI is InChI=1S/C34H34IN3O2/c1-20-6-12-26(13-7-20)40-19-23-14-21(2)15-27(22(23)3)31-28(18-36)33(37)38(25-10-8-24(35)9-11-25)29-16-34(4,5)17-30(39)32(29)31/h6-15,31H,16-17,19,37H2,1-5H3. The fraction of sp³-hybridized carbons (Fsp3) is 0.294. The van der Waals surface area contributed by atoms with Crippen LogP contribution in [0, 0.1) is 41.1 Å². The van der Waals surface area contributed by atoms with Gasteiger partial charge in [0.05, 0.1) is 17.6 Å². The molecule has 1 aliphatic heterocycles. The van der Waals surface area contributed by atoms with Crippen LogP contribution in [-0.2, 0) is 11.4 Å². The average Bonchev–Trinajstić information content (AvgIpc) is 2.89. The molecule has 1 heterocycles. The van der Waals surface area contributed by atoms with Gasteiger partial charge < -0.3 is 10.5 Å². The molecule has 0 radical (unpaired) electrons. The number of nitrogens with two attached hydrogens (primary N) is 1. The normalized spacial score (nSPS) is 18.5. The Bertz CT molecular complexity index is 1590. The predicted molar refractivity (Wildman–Crippen MR) is 168 cm³/mol. The summed E-state index contributed by atoms with van der Waals surface area (Å²) in [6.45, 7) is 10.8. The molecule has 5 nitrogen and oxygen atoms in total. The summed E-state index contributed by atoms with van der Waals surface area (Å²) < 4.78 is 7.25. The Morgan fingerprint density at radius 1 is 1.02 bits per heavy atom. The summed E-state index contributed by atoms with van der Waals surface area (Å²) in [5, 5.41) is 10.5.